The van der Waals surface area contributed by atoms with Gasteiger partial charge in [-0.25, -0.2) is 0 Å². The third-order valence-corrected chi connectivity index (χ3v) is 3.64. The fraction of sp³-hybridized carbons (Fsp3) is 0.800. The van der Waals surface area contributed by atoms with Gasteiger partial charge in [0.2, 0.25) is 0 Å². The molecule has 1 aromatic rings. The Labute approximate surface area is 122 Å². The van der Waals surface area contributed by atoms with E-state index in [-0.39, 0.29) is 6.04 Å². The maximum atomic E-state index is 5.75. The second-order valence-electron chi connectivity index (χ2n) is 5.56. The number of rotatable bonds is 10. The Morgan fingerprint density at radius 1 is 1.30 bits per heavy atom. The summed E-state index contributed by atoms with van der Waals surface area (Å²) in [6, 6.07) is 0.390. The predicted octanol–water partition coefficient (Wildman–Crippen LogP) is 3.34. The van der Waals surface area contributed by atoms with Crippen molar-refractivity contribution in [1.82, 2.24) is 15.2 Å². The van der Waals surface area contributed by atoms with Crippen molar-refractivity contribution in [2.75, 3.05) is 7.11 Å². The molecule has 5 nitrogen and oxygen atoms in total. The highest BCUT2D eigenvalue weighted by molar-refractivity contribution is 5.28. The molecule has 0 spiro atoms. The topological polar surface area (TPSA) is 65.1 Å². The average Bonchev–Trinajstić information content (AvgIpc) is 2.87. The molecule has 0 aliphatic carbocycles. The number of nitrogens with one attached hydrogen (secondary N) is 1. The number of hydrazine groups is 1. The highest BCUT2D eigenvalue weighted by Gasteiger charge is 2.22. The van der Waals surface area contributed by atoms with Gasteiger partial charge in [0.15, 0.2) is 5.75 Å². The van der Waals surface area contributed by atoms with Crippen LogP contribution in [0.5, 0.6) is 5.75 Å². The Bertz CT molecular complexity index is 376. The lowest BCUT2D eigenvalue weighted by Crippen LogP contribution is -2.30. The van der Waals surface area contributed by atoms with Crippen molar-refractivity contribution in [3.63, 3.8) is 0 Å². The summed E-state index contributed by atoms with van der Waals surface area (Å²) in [5, 5.41) is 4.41. The van der Waals surface area contributed by atoms with Crippen molar-refractivity contribution in [3.05, 3.63) is 11.9 Å². The lowest BCUT2D eigenvalue weighted by molar-refractivity contribution is 0.373. The summed E-state index contributed by atoms with van der Waals surface area (Å²) in [6.45, 7) is 6.46. The van der Waals surface area contributed by atoms with Crippen LogP contribution in [0.1, 0.15) is 77.1 Å². The summed E-state index contributed by atoms with van der Waals surface area (Å²) in [5.41, 5.74) is 3.98. The van der Waals surface area contributed by atoms with Crippen LogP contribution in [0.2, 0.25) is 0 Å². The summed E-state index contributed by atoms with van der Waals surface area (Å²) < 4.78 is 7.42. The quantitative estimate of drug-likeness (QED) is 0.392. The molecule has 1 aromatic heterocycles. The minimum Gasteiger partial charge on any atom is -0.493 e. The van der Waals surface area contributed by atoms with E-state index in [1.54, 1.807) is 13.3 Å². The standard InChI is InChI=1S/C15H30N4O/c1-5-6-7-8-9-10-13(18-16)15-14(20-4)11-17-19(15)12(2)3/h11-13,18H,5-10,16H2,1-4H3. The van der Waals surface area contributed by atoms with Gasteiger partial charge in [-0.05, 0) is 20.3 Å². The van der Waals surface area contributed by atoms with E-state index in [4.69, 9.17) is 10.6 Å². The molecule has 0 saturated carbocycles. The third kappa shape index (κ3) is 4.49. The van der Waals surface area contributed by atoms with Crippen molar-refractivity contribution in [3.8, 4) is 5.75 Å². The molecule has 20 heavy (non-hydrogen) atoms. The molecular weight excluding hydrogens is 252 g/mol. The number of nitrogens with two attached hydrogens (primary N) is 1. The van der Waals surface area contributed by atoms with Gasteiger partial charge < -0.3 is 4.74 Å². The Hall–Kier alpha value is -1.07. The number of hydrogen-bond acceptors (Lipinski definition) is 4. The Kier molecular flexibility index (Phi) is 7.62. The molecule has 0 saturated heterocycles. The number of aromatic nitrogens is 2. The second-order valence-corrected chi connectivity index (χ2v) is 5.56. The summed E-state index contributed by atoms with van der Waals surface area (Å²) in [4.78, 5) is 0. The lowest BCUT2D eigenvalue weighted by Gasteiger charge is -2.20. The monoisotopic (exact) mass is 282 g/mol. The minimum absolute atomic E-state index is 0.0940. The first-order valence-corrected chi connectivity index (χ1v) is 7.73. The van der Waals surface area contributed by atoms with Crippen LogP contribution in [-0.4, -0.2) is 16.9 Å². The third-order valence-electron chi connectivity index (χ3n) is 3.64. The Morgan fingerprint density at radius 3 is 2.55 bits per heavy atom. The van der Waals surface area contributed by atoms with E-state index in [0.717, 1.165) is 17.9 Å². The number of hydrogen-bond donors (Lipinski definition) is 2. The highest BCUT2D eigenvalue weighted by Crippen LogP contribution is 2.30. The predicted molar refractivity (Wildman–Crippen MR) is 82.6 cm³/mol. The molecule has 0 radical (unpaired) electrons. The van der Waals surface area contributed by atoms with Crippen LogP contribution in [0.15, 0.2) is 6.20 Å². The van der Waals surface area contributed by atoms with Crippen LogP contribution in [0.25, 0.3) is 0 Å². The summed E-state index contributed by atoms with van der Waals surface area (Å²) in [7, 11) is 1.68. The zero-order valence-corrected chi connectivity index (χ0v) is 13.4. The van der Waals surface area contributed by atoms with E-state index in [2.05, 4.69) is 31.3 Å². The normalized spacial score (nSPS) is 12.9. The first kappa shape index (κ1) is 17.0. The highest BCUT2D eigenvalue weighted by atomic mass is 16.5. The molecule has 0 amide bonds. The van der Waals surface area contributed by atoms with E-state index in [1.165, 1.54) is 32.1 Å². The van der Waals surface area contributed by atoms with E-state index in [9.17, 15) is 0 Å². The van der Waals surface area contributed by atoms with Crippen LogP contribution in [0, 0.1) is 0 Å². The molecule has 1 unspecified atom stereocenters. The van der Waals surface area contributed by atoms with Crippen molar-refractivity contribution in [2.24, 2.45) is 5.84 Å². The molecule has 1 rings (SSSR count). The lowest BCUT2D eigenvalue weighted by atomic mass is 10.0. The molecule has 3 N–H and O–H groups in total. The molecule has 5 heteroatoms. The van der Waals surface area contributed by atoms with Gasteiger partial charge in [-0.3, -0.25) is 16.0 Å². The Morgan fingerprint density at radius 2 is 2.00 bits per heavy atom. The molecule has 1 heterocycles. The maximum Gasteiger partial charge on any atom is 0.161 e. The fourth-order valence-corrected chi connectivity index (χ4v) is 2.51. The van der Waals surface area contributed by atoms with Gasteiger partial charge in [0.1, 0.15) is 0 Å². The molecular formula is C15H30N4O. The smallest absolute Gasteiger partial charge is 0.161 e. The molecule has 116 valence electrons. The fourth-order valence-electron chi connectivity index (χ4n) is 2.51. The van der Waals surface area contributed by atoms with Crippen LogP contribution < -0.4 is 16.0 Å². The first-order valence-electron chi connectivity index (χ1n) is 7.73. The number of nitrogens with zero attached hydrogens (tertiary/aromatic N) is 2. The zero-order chi connectivity index (χ0) is 15.0. The maximum absolute atomic E-state index is 5.75. The molecule has 0 bridgehead atoms. The van der Waals surface area contributed by atoms with E-state index in [0.29, 0.717) is 6.04 Å². The zero-order valence-electron chi connectivity index (χ0n) is 13.4. The van der Waals surface area contributed by atoms with E-state index < -0.39 is 0 Å². The van der Waals surface area contributed by atoms with Crippen molar-refractivity contribution in [2.45, 2.75) is 71.4 Å². The SMILES string of the molecule is CCCCCCCC(NN)c1c(OC)cnn1C(C)C. The van der Waals surface area contributed by atoms with Gasteiger partial charge in [0, 0.05) is 6.04 Å². The molecule has 0 aliphatic heterocycles. The van der Waals surface area contributed by atoms with Crippen LogP contribution in [-0.2, 0) is 0 Å². The van der Waals surface area contributed by atoms with E-state index in [1.807, 2.05) is 4.68 Å². The van der Waals surface area contributed by atoms with E-state index >= 15 is 0 Å². The van der Waals surface area contributed by atoms with Crippen molar-refractivity contribution in [1.29, 1.82) is 0 Å². The van der Waals surface area contributed by atoms with Crippen LogP contribution in [0.4, 0.5) is 0 Å². The summed E-state index contributed by atoms with van der Waals surface area (Å²) in [5.74, 6) is 6.57. The van der Waals surface area contributed by atoms with Gasteiger partial charge in [-0.2, -0.15) is 5.10 Å². The van der Waals surface area contributed by atoms with Crippen LogP contribution in [0.3, 0.4) is 0 Å². The molecule has 0 fully saturated rings. The number of ether oxygens (including phenoxy) is 1. The summed E-state index contributed by atoms with van der Waals surface area (Å²) >= 11 is 0. The largest absolute Gasteiger partial charge is 0.493 e. The van der Waals surface area contributed by atoms with Crippen molar-refractivity contribution >= 4 is 0 Å². The summed E-state index contributed by atoms with van der Waals surface area (Å²) in [6.07, 6.45) is 9.09. The van der Waals surface area contributed by atoms with Gasteiger partial charge >= 0.3 is 0 Å². The van der Waals surface area contributed by atoms with Crippen molar-refractivity contribution < 1.29 is 4.74 Å². The number of unbranched alkanes of at least 4 members (excludes halogenated alkanes) is 4. The second kappa shape index (κ2) is 8.97. The molecule has 0 aromatic carbocycles. The van der Waals surface area contributed by atoms with Crippen LogP contribution >= 0.6 is 0 Å². The van der Waals surface area contributed by atoms with Gasteiger partial charge in [-0.1, -0.05) is 39.0 Å². The molecule has 0 aliphatic rings. The Balaban J connectivity index is 2.70. The first-order chi connectivity index (χ1) is 9.65. The van der Waals surface area contributed by atoms with Gasteiger partial charge in [0.25, 0.3) is 0 Å². The minimum atomic E-state index is 0.0940. The number of methoxy groups -OCH3 is 1. The molecule has 1 atom stereocenters. The van der Waals surface area contributed by atoms with Gasteiger partial charge in [-0.15, -0.1) is 0 Å². The average molecular weight is 282 g/mol. The van der Waals surface area contributed by atoms with Gasteiger partial charge in [0.05, 0.1) is 25.0 Å².